The van der Waals surface area contributed by atoms with Crippen LogP contribution in [0.4, 0.5) is 0 Å². The van der Waals surface area contributed by atoms with Gasteiger partial charge in [-0.3, -0.25) is 4.79 Å². The Hall–Kier alpha value is -0.460. The van der Waals surface area contributed by atoms with E-state index in [0.29, 0.717) is 12.8 Å². The number of halogens is 1. The predicted octanol–water partition coefficient (Wildman–Crippen LogP) is 3.88. The molecule has 1 atom stereocenters. The largest absolute Gasteiger partial charge is 0.293 e. The van der Waals surface area contributed by atoms with E-state index in [2.05, 4.69) is 32.4 Å². The molecule has 0 amide bonds. The molecule has 0 N–H and O–H groups in total. The molecule has 0 fully saturated rings. The van der Waals surface area contributed by atoms with E-state index in [-0.39, 0.29) is 16.8 Å². The Bertz CT molecular complexity index is 386. The summed E-state index contributed by atoms with van der Waals surface area (Å²) in [4.78, 5) is 11.2. The van der Waals surface area contributed by atoms with Crippen LogP contribution in [0.25, 0.3) is 0 Å². The fraction of sp³-hybridized carbons (Fsp3) is 0.500. The van der Waals surface area contributed by atoms with Gasteiger partial charge < -0.3 is 0 Å². The van der Waals surface area contributed by atoms with Gasteiger partial charge in [-0.15, -0.1) is 0 Å². The first kappa shape index (κ1) is 15.5. The highest BCUT2D eigenvalue weighted by Crippen LogP contribution is 2.31. The van der Waals surface area contributed by atoms with E-state index in [4.69, 9.17) is 5.26 Å². The molecule has 2 nitrogen and oxygen atoms in total. The van der Waals surface area contributed by atoms with E-state index in [0.717, 1.165) is 0 Å². The van der Waals surface area contributed by atoms with Gasteiger partial charge in [0.05, 0.1) is 5.57 Å². The van der Waals surface area contributed by atoms with Crippen molar-refractivity contribution < 1.29 is 4.79 Å². The molecule has 1 aliphatic rings. The van der Waals surface area contributed by atoms with E-state index in [9.17, 15) is 4.79 Å². The first-order valence-electron chi connectivity index (χ1n) is 5.07. The lowest BCUT2D eigenvalue weighted by Crippen LogP contribution is -2.20. The van der Waals surface area contributed by atoms with Crippen molar-refractivity contribution in [2.75, 3.05) is 0 Å². The van der Waals surface area contributed by atoms with Gasteiger partial charge in [0.1, 0.15) is 6.07 Å². The number of rotatable bonds is 0. The summed E-state index contributed by atoms with van der Waals surface area (Å²) in [6.45, 7) is 5.96. The molecule has 0 saturated carbocycles. The minimum absolute atomic E-state index is 0.0612. The number of allylic oxidation sites excluding steroid dienone is 2. The number of ketones is 1. The second kappa shape index (κ2) is 7.76. The van der Waals surface area contributed by atoms with E-state index >= 15 is 0 Å². The van der Waals surface area contributed by atoms with E-state index < -0.39 is 0 Å². The standard InChI is InChI=1S/C10H8INOS.C2H6/c1-10(4-5-14-11)3-2-9(13)8(6-10)7-12;1-2/h6H,2-3H2,1H3;1-2H3. The first-order chi connectivity index (χ1) is 7.61. The summed E-state index contributed by atoms with van der Waals surface area (Å²) in [6, 6.07) is 1.92. The molecule has 0 saturated heterocycles. The van der Waals surface area contributed by atoms with Crippen molar-refractivity contribution in [3.05, 3.63) is 11.6 Å². The zero-order valence-electron chi connectivity index (χ0n) is 9.63. The van der Waals surface area contributed by atoms with Crippen LogP contribution in [0.1, 0.15) is 33.6 Å². The topological polar surface area (TPSA) is 40.9 Å². The summed E-state index contributed by atoms with van der Waals surface area (Å²) < 4.78 is 0. The highest BCUT2D eigenvalue weighted by Gasteiger charge is 2.28. The Labute approximate surface area is 113 Å². The van der Waals surface area contributed by atoms with Crippen molar-refractivity contribution >= 4 is 35.9 Å². The lowest BCUT2D eigenvalue weighted by atomic mass is 9.78. The van der Waals surface area contributed by atoms with Crippen LogP contribution in [-0.4, -0.2) is 5.78 Å². The van der Waals surface area contributed by atoms with Crippen LogP contribution in [-0.2, 0) is 4.79 Å². The van der Waals surface area contributed by atoms with Crippen molar-refractivity contribution in [2.45, 2.75) is 33.6 Å². The van der Waals surface area contributed by atoms with Gasteiger partial charge in [0.25, 0.3) is 0 Å². The van der Waals surface area contributed by atoms with E-state index in [1.165, 1.54) is 8.93 Å². The normalized spacial score (nSPS) is 22.9. The molecule has 86 valence electrons. The average Bonchev–Trinajstić information content (AvgIpc) is 2.33. The Morgan fingerprint density at radius 2 is 2.19 bits per heavy atom. The zero-order chi connectivity index (χ0) is 12.6. The summed E-state index contributed by atoms with van der Waals surface area (Å²) in [7, 11) is 1.42. The molecule has 1 rings (SSSR count). The maximum absolute atomic E-state index is 11.2. The van der Waals surface area contributed by atoms with Crippen molar-refractivity contribution in [3.8, 4) is 17.2 Å². The molecule has 1 unspecified atom stereocenters. The van der Waals surface area contributed by atoms with E-state index in [1.54, 1.807) is 6.08 Å². The highest BCUT2D eigenvalue weighted by atomic mass is 127. The average molecular weight is 347 g/mol. The van der Waals surface area contributed by atoms with Crippen LogP contribution in [0, 0.1) is 27.9 Å². The molecular formula is C12H14INOS. The van der Waals surface area contributed by atoms with Gasteiger partial charge in [-0.1, -0.05) is 19.8 Å². The molecule has 0 aliphatic heterocycles. The molecule has 1 aliphatic carbocycles. The summed E-state index contributed by atoms with van der Waals surface area (Å²) in [5, 5.41) is 11.6. The molecule has 0 spiro atoms. The van der Waals surface area contributed by atoms with Gasteiger partial charge in [-0.05, 0) is 33.6 Å². The van der Waals surface area contributed by atoms with Crippen LogP contribution < -0.4 is 0 Å². The predicted molar refractivity (Wildman–Crippen MR) is 76.8 cm³/mol. The Balaban J connectivity index is 0.00000106. The van der Waals surface area contributed by atoms with Crippen LogP contribution in [0.2, 0.25) is 0 Å². The monoisotopic (exact) mass is 347 g/mol. The lowest BCUT2D eigenvalue weighted by molar-refractivity contribution is -0.116. The smallest absolute Gasteiger partial charge is 0.173 e. The van der Waals surface area contributed by atoms with Crippen molar-refractivity contribution in [1.82, 2.24) is 0 Å². The summed E-state index contributed by atoms with van der Waals surface area (Å²) in [6.07, 6.45) is 2.83. The fourth-order valence-electron chi connectivity index (χ4n) is 1.31. The van der Waals surface area contributed by atoms with E-state index in [1.807, 2.05) is 26.8 Å². The summed E-state index contributed by atoms with van der Waals surface area (Å²) >= 11 is 2.10. The van der Waals surface area contributed by atoms with Gasteiger partial charge in [0.15, 0.2) is 5.78 Å². The summed E-state index contributed by atoms with van der Waals surface area (Å²) in [5.41, 5.74) is -0.0524. The minimum atomic E-state index is -0.308. The Kier molecular flexibility index (Phi) is 7.53. The summed E-state index contributed by atoms with van der Waals surface area (Å²) in [5.74, 6) is 3.00. The Morgan fingerprint density at radius 1 is 1.56 bits per heavy atom. The van der Waals surface area contributed by atoms with Gasteiger partial charge in [-0.2, -0.15) is 5.26 Å². The number of nitriles is 1. The second-order valence-corrected chi connectivity index (χ2v) is 4.99. The van der Waals surface area contributed by atoms with Gasteiger partial charge >= 0.3 is 0 Å². The fourth-order valence-corrected chi connectivity index (χ4v) is 1.91. The van der Waals surface area contributed by atoms with Gasteiger partial charge in [0.2, 0.25) is 0 Å². The van der Waals surface area contributed by atoms with Crippen LogP contribution >= 0.6 is 30.1 Å². The second-order valence-electron chi connectivity index (χ2n) is 3.31. The Morgan fingerprint density at radius 3 is 2.69 bits per heavy atom. The highest BCUT2D eigenvalue weighted by molar-refractivity contribution is 14.2. The molecular weight excluding hydrogens is 333 g/mol. The molecule has 0 radical (unpaired) electrons. The molecule has 0 bridgehead atoms. The molecule has 16 heavy (non-hydrogen) atoms. The van der Waals surface area contributed by atoms with Crippen LogP contribution in [0.5, 0.6) is 0 Å². The molecule has 4 heteroatoms. The number of carbonyl (C=O) groups excluding carboxylic acids is 1. The molecule has 0 aromatic heterocycles. The molecule has 0 aromatic carbocycles. The van der Waals surface area contributed by atoms with Crippen LogP contribution in [0.3, 0.4) is 0 Å². The maximum atomic E-state index is 11.2. The molecule has 0 aromatic rings. The number of hydrogen-bond acceptors (Lipinski definition) is 3. The maximum Gasteiger partial charge on any atom is 0.173 e. The van der Waals surface area contributed by atoms with Gasteiger partial charge in [0, 0.05) is 33.0 Å². The third kappa shape index (κ3) is 4.59. The van der Waals surface area contributed by atoms with Crippen molar-refractivity contribution in [3.63, 3.8) is 0 Å². The van der Waals surface area contributed by atoms with Crippen LogP contribution in [0.15, 0.2) is 11.6 Å². The number of Topliss-reactive ketones (excluding diaryl/α,β-unsaturated/α-hetero) is 1. The van der Waals surface area contributed by atoms with Crippen molar-refractivity contribution in [2.24, 2.45) is 5.41 Å². The number of carbonyl (C=O) groups is 1. The first-order valence-corrected chi connectivity index (χ1v) is 8.43. The lowest BCUT2D eigenvalue weighted by Gasteiger charge is -2.23. The minimum Gasteiger partial charge on any atom is -0.293 e. The quantitative estimate of drug-likeness (QED) is 0.493. The SMILES string of the molecule is CC.CC1(C#CSI)C=C(C#N)C(=O)CC1. The molecule has 0 heterocycles. The third-order valence-electron chi connectivity index (χ3n) is 2.13. The third-order valence-corrected chi connectivity index (χ3v) is 2.97. The number of nitrogens with zero attached hydrogens (tertiary/aromatic N) is 1. The zero-order valence-corrected chi connectivity index (χ0v) is 12.6. The number of hydrogen-bond donors (Lipinski definition) is 0. The van der Waals surface area contributed by atoms with Crippen molar-refractivity contribution in [1.29, 1.82) is 5.26 Å². The van der Waals surface area contributed by atoms with Gasteiger partial charge in [-0.25, -0.2) is 0 Å².